The molecule has 0 aromatic heterocycles. The van der Waals surface area contributed by atoms with Crippen LogP contribution in [0.1, 0.15) is 5.56 Å². The van der Waals surface area contributed by atoms with E-state index in [0.29, 0.717) is 12.2 Å². The number of benzene rings is 2. The first-order valence-corrected chi connectivity index (χ1v) is 8.25. The molecule has 0 bridgehead atoms. The summed E-state index contributed by atoms with van der Waals surface area (Å²) in [6.45, 7) is 0.982. The Balaban J connectivity index is 0.000000333. The third kappa shape index (κ3) is 9.34. The van der Waals surface area contributed by atoms with Crippen molar-refractivity contribution in [2.45, 2.75) is 16.3 Å². The van der Waals surface area contributed by atoms with Gasteiger partial charge < -0.3 is 24.7 Å². The van der Waals surface area contributed by atoms with Crippen LogP contribution < -0.4 is 10.2 Å². The summed E-state index contributed by atoms with van der Waals surface area (Å²) in [6, 6.07) is 19.1. The fourth-order valence-electron chi connectivity index (χ4n) is 1.83. The van der Waals surface area contributed by atoms with Crippen molar-refractivity contribution < 1.29 is 19.8 Å². The highest BCUT2D eigenvalue weighted by molar-refractivity contribution is 7.99. The van der Waals surface area contributed by atoms with E-state index in [1.165, 1.54) is 15.4 Å². The number of carboxylic acids is 2. The van der Waals surface area contributed by atoms with Gasteiger partial charge in [0.1, 0.15) is 0 Å². The van der Waals surface area contributed by atoms with Gasteiger partial charge in [-0.2, -0.15) is 0 Å². The summed E-state index contributed by atoms with van der Waals surface area (Å²) in [4.78, 5) is 23.7. The minimum Gasteiger partial charge on any atom is -0.545 e. The quantitative estimate of drug-likeness (QED) is 0.716. The third-order valence-corrected chi connectivity index (χ3v) is 3.91. The predicted octanol–water partition coefficient (Wildman–Crippen LogP) is 0.942. The Kier molecular flexibility index (Phi) is 9.06. The van der Waals surface area contributed by atoms with Crippen LogP contribution in [0.25, 0.3) is 0 Å². The molecule has 0 aliphatic heterocycles. The molecule has 25 heavy (non-hydrogen) atoms. The summed E-state index contributed by atoms with van der Waals surface area (Å²) in [5, 5.41) is 18.8. The molecule has 0 heterocycles. The van der Waals surface area contributed by atoms with Crippen LogP contribution in [0.2, 0.25) is 0 Å². The zero-order valence-corrected chi connectivity index (χ0v) is 14.9. The molecule has 0 atom stereocenters. The molecule has 0 unspecified atom stereocenters. The molecule has 0 spiro atoms. The van der Waals surface area contributed by atoms with Crippen molar-refractivity contribution in [3.05, 3.63) is 72.3 Å². The molecule has 132 valence electrons. The van der Waals surface area contributed by atoms with Gasteiger partial charge in [0.05, 0.1) is 11.9 Å². The van der Waals surface area contributed by atoms with E-state index >= 15 is 0 Å². The lowest BCUT2D eigenvalue weighted by Crippen LogP contribution is -2.23. The number of rotatable bonds is 6. The molecular formula is C19H19NO4S-2. The van der Waals surface area contributed by atoms with Crippen LogP contribution in [0.3, 0.4) is 0 Å². The number of hydrogen-bond donors (Lipinski definition) is 0. The average molecular weight is 357 g/mol. The van der Waals surface area contributed by atoms with E-state index in [1.807, 2.05) is 11.8 Å². The van der Waals surface area contributed by atoms with Crippen LogP contribution in [0.15, 0.2) is 76.5 Å². The maximum absolute atomic E-state index is 9.41. The molecule has 0 fully saturated rings. The van der Waals surface area contributed by atoms with E-state index in [0.717, 1.165) is 6.54 Å². The van der Waals surface area contributed by atoms with Gasteiger partial charge in [-0.05, 0) is 50.0 Å². The Hall–Kier alpha value is -2.57. The lowest BCUT2D eigenvalue weighted by Gasteiger charge is -2.13. The van der Waals surface area contributed by atoms with Crippen molar-refractivity contribution in [1.29, 1.82) is 0 Å². The summed E-state index contributed by atoms with van der Waals surface area (Å²) < 4.78 is 0. The van der Waals surface area contributed by atoms with Gasteiger partial charge in [-0.3, -0.25) is 0 Å². The maximum Gasteiger partial charge on any atom is 0.0643 e. The second-order valence-electron chi connectivity index (χ2n) is 5.23. The van der Waals surface area contributed by atoms with Crippen molar-refractivity contribution in [2.75, 3.05) is 14.1 Å². The third-order valence-electron chi connectivity index (χ3n) is 2.79. The largest absolute Gasteiger partial charge is 0.545 e. The van der Waals surface area contributed by atoms with Crippen LogP contribution in [-0.4, -0.2) is 30.9 Å². The number of aliphatic carboxylic acids is 2. The molecular weight excluding hydrogens is 338 g/mol. The minimum absolute atomic E-state index is 0.384. The average Bonchev–Trinajstić information content (AvgIpc) is 2.56. The molecule has 0 saturated heterocycles. The van der Waals surface area contributed by atoms with Gasteiger partial charge in [-0.1, -0.05) is 48.2 Å². The number of carboxylic acid groups (broad SMARTS) is 2. The van der Waals surface area contributed by atoms with E-state index in [9.17, 15) is 19.8 Å². The predicted molar refractivity (Wildman–Crippen MR) is 93.6 cm³/mol. The van der Waals surface area contributed by atoms with Crippen LogP contribution >= 0.6 is 11.8 Å². The lowest BCUT2D eigenvalue weighted by molar-refractivity contribution is -0.301. The first kappa shape index (κ1) is 20.5. The summed E-state index contributed by atoms with van der Waals surface area (Å²) in [5.41, 5.74) is 1.38. The number of nitrogens with zero attached hydrogens (tertiary/aromatic N) is 1. The van der Waals surface area contributed by atoms with Gasteiger partial charge in [0, 0.05) is 16.3 Å². The van der Waals surface area contributed by atoms with Gasteiger partial charge in [-0.15, -0.1) is 0 Å². The zero-order valence-electron chi connectivity index (χ0n) is 14.0. The molecule has 2 rings (SSSR count). The standard InChI is InChI=1S/C15H17NS.C4H4O4/c1-16(2)12-13-8-6-7-11-15(13)17-14-9-4-3-5-10-14;5-3(6)1-2-4(7)8/h3-11H,12H2,1-2H3;1-2H,(H,5,6)(H,7,8)/p-2/b;2-1-. The fraction of sp³-hybridized carbons (Fsp3) is 0.158. The van der Waals surface area contributed by atoms with E-state index < -0.39 is 11.9 Å². The summed E-state index contributed by atoms with van der Waals surface area (Å²) >= 11 is 1.83. The van der Waals surface area contributed by atoms with Crippen LogP contribution in [0.5, 0.6) is 0 Å². The molecule has 0 amide bonds. The fourth-order valence-corrected chi connectivity index (χ4v) is 2.78. The van der Waals surface area contributed by atoms with Crippen LogP contribution in [0.4, 0.5) is 0 Å². The van der Waals surface area contributed by atoms with Gasteiger partial charge in [0.2, 0.25) is 0 Å². The first-order chi connectivity index (χ1) is 11.9. The highest BCUT2D eigenvalue weighted by Gasteiger charge is 2.04. The Bertz CT molecular complexity index is 698. The van der Waals surface area contributed by atoms with Gasteiger partial charge in [-0.25, -0.2) is 0 Å². The Labute approximate surface area is 151 Å². The molecule has 2 aromatic rings. The second-order valence-corrected chi connectivity index (χ2v) is 6.35. The van der Waals surface area contributed by atoms with E-state index in [-0.39, 0.29) is 0 Å². The van der Waals surface area contributed by atoms with E-state index in [2.05, 4.69) is 73.6 Å². The minimum atomic E-state index is -1.55. The van der Waals surface area contributed by atoms with Crippen molar-refractivity contribution in [1.82, 2.24) is 4.90 Å². The highest BCUT2D eigenvalue weighted by atomic mass is 32.2. The smallest absolute Gasteiger partial charge is 0.0643 e. The van der Waals surface area contributed by atoms with Gasteiger partial charge in [0.25, 0.3) is 0 Å². The summed E-state index contributed by atoms with van der Waals surface area (Å²) in [6.07, 6.45) is 0.769. The van der Waals surface area contributed by atoms with Crippen molar-refractivity contribution in [3.8, 4) is 0 Å². The summed E-state index contributed by atoms with van der Waals surface area (Å²) in [7, 11) is 4.20. The van der Waals surface area contributed by atoms with Crippen molar-refractivity contribution in [2.24, 2.45) is 0 Å². The van der Waals surface area contributed by atoms with Gasteiger partial charge in [0.15, 0.2) is 0 Å². The Morgan fingerprint density at radius 3 is 1.96 bits per heavy atom. The Morgan fingerprint density at radius 2 is 1.44 bits per heavy atom. The highest BCUT2D eigenvalue weighted by Crippen LogP contribution is 2.30. The molecule has 0 aliphatic rings. The molecule has 0 N–H and O–H groups in total. The van der Waals surface area contributed by atoms with Crippen LogP contribution in [-0.2, 0) is 16.1 Å². The number of carbonyl (C=O) groups is 2. The molecule has 0 saturated carbocycles. The molecule has 0 radical (unpaired) electrons. The van der Waals surface area contributed by atoms with Crippen LogP contribution in [0, 0.1) is 0 Å². The molecule has 2 aromatic carbocycles. The van der Waals surface area contributed by atoms with Crippen molar-refractivity contribution in [3.63, 3.8) is 0 Å². The zero-order chi connectivity index (χ0) is 18.7. The second kappa shape index (κ2) is 11.1. The lowest BCUT2D eigenvalue weighted by atomic mass is 10.2. The normalized spacial score (nSPS) is 10.4. The van der Waals surface area contributed by atoms with E-state index in [1.54, 1.807) is 0 Å². The first-order valence-electron chi connectivity index (χ1n) is 7.44. The maximum atomic E-state index is 9.41. The SMILES string of the molecule is CN(C)Cc1ccccc1Sc1ccccc1.O=C([O-])/C=C\C(=O)[O-]. The van der Waals surface area contributed by atoms with Gasteiger partial charge >= 0.3 is 0 Å². The van der Waals surface area contributed by atoms with E-state index in [4.69, 9.17) is 0 Å². The molecule has 5 nitrogen and oxygen atoms in total. The summed E-state index contributed by atoms with van der Waals surface area (Å²) in [5.74, 6) is -3.09. The number of hydrogen-bond acceptors (Lipinski definition) is 6. The molecule has 0 aliphatic carbocycles. The molecule has 6 heteroatoms. The number of carbonyl (C=O) groups excluding carboxylic acids is 2. The Morgan fingerprint density at radius 1 is 0.920 bits per heavy atom. The monoisotopic (exact) mass is 357 g/mol. The topological polar surface area (TPSA) is 83.5 Å². The van der Waals surface area contributed by atoms with Crippen molar-refractivity contribution >= 4 is 23.7 Å².